The molecular weight excluding hydrogens is 924 g/mol. The van der Waals surface area contributed by atoms with Crippen LogP contribution in [0.2, 0.25) is 5.02 Å². The number of ether oxygens (including phenoxy) is 2. The first-order valence-corrected chi connectivity index (χ1v) is 24.9. The lowest BCUT2D eigenvalue weighted by molar-refractivity contribution is -0.144. The molecule has 2 fully saturated rings. The predicted octanol–water partition coefficient (Wildman–Crippen LogP) is 8.54. The van der Waals surface area contributed by atoms with Gasteiger partial charge in [0.2, 0.25) is 17.7 Å². The SMILES string of the molecule is Cc1ncsc1-c1ccc(CNC(=O)C2C[C@H](O)CN2C(=O)[C@@H](NC(=O)COCCOc2ccc(-c3ccc(C(=O)NC4C(C)(C)C(Cc5ccc(C#N)c(Cl)c5)C4(C)C)cc3)cc2)C(C)(C)C)cc1. The number of β-amino-alcohol motifs (C(OH)–C–C–N with tert-alkyl or cyclic N) is 1. The Bertz CT molecular complexity index is 2710. The number of aliphatic hydroxyl groups excluding tert-OH is 1. The minimum Gasteiger partial charge on any atom is -0.491 e. The molecule has 0 bridgehead atoms. The molecule has 15 heteroatoms. The summed E-state index contributed by atoms with van der Waals surface area (Å²) in [5.41, 5.74) is 7.63. The zero-order chi connectivity index (χ0) is 50.5. The normalized spacial score (nSPS) is 19.6. The van der Waals surface area contributed by atoms with E-state index in [1.54, 1.807) is 17.4 Å². The second kappa shape index (κ2) is 21.5. The molecule has 4 amide bonds. The lowest BCUT2D eigenvalue weighted by Crippen LogP contribution is -2.70. The molecule has 1 unspecified atom stereocenters. The first-order chi connectivity index (χ1) is 33.2. The molecule has 1 saturated carbocycles. The fraction of sp³-hybridized carbons (Fsp3) is 0.418. The number of aromatic nitrogens is 1. The number of carbonyl (C=O) groups excluding carboxylic acids is 4. The molecule has 1 aromatic heterocycles. The Kier molecular flexibility index (Phi) is 15.9. The summed E-state index contributed by atoms with van der Waals surface area (Å²) in [6, 6.07) is 28.7. The first kappa shape index (κ1) is 51.7. The molecule has 0 spiro atoms. The summed E-state index contributed by atoms with van der Waals surface area (Å²) >= 11 is 7.90. The summed E-state index contributed by atoms with van der Waals surface area (Å²) < 4.78 is 11.5. The zero-order valence-electron chi connectivity index (χ0n) is 41.1. The van der Waals surface area contributed by atoms with Crippen molar-refractivity contribution < 1.29 is 33.8 Å². The van der Waals surface area contributed by atoms with Gasteiger partial charge in [0.25, 0.3) is 5.91 Å². The summed E-state index contributed by atoms with van der Waals surface area (Å²) in [6.45, 7) is 16.4. The second-order valence-electron chi connectivity index (χ2n) is 20.7. The Morgan fingerprint density at radius 2 is 1.54 bits per heavy atom. The van der Waals surface area contributed by atoms with Crippen LogP contribution in [0.4, 0.5) is 0 Å². The van der Waals surface area contributed by atoms with Crippen molar-refractivity contribution in [1.82, 2.24) is 25.8 Å². The van der Waals surface area contributed by atoms with Crippen molar-refractivity contribution in [3.05, 3.63) is 129 Å². The predicted molar refractivity (Wildman–Crippen MR) is 272 cm³/mol. The number of nitrogens with zero attached hydrogens (tertiary/aromatic N) is 3. The van der Waals surface area contributed by atoms with E-state index in [2.05, 4.69) is 54.7 Å². The third-order valence-electron chi connectivity index (χ3n) is 13.9. The highest BCUT2D eigenvalue weighted by molar-refractivity contribution is 7.13. The Morgan fingerprint density at radius 3 is 2.14 bits per heavy atom. The number of aliphatic hydroxyl groups is 1. The van der Waals surface area contributed by atoms with Crippen LogP contribution >= 0.6 is 22.9 Å². The van der Waals surface area contributed by atoms with Crippen LogP contribution in [0.5, 0.6) is 5.75 Å². The molecule has 1 aliphatic carbocycles. The minimum absolute atomic E-state index is 0.0253. The van der Waals surface area contributed by atoms with E-state index in [1.165, 1.54) is 4.90 Å². The molecule has 5 aromatic rings. The van der Waals surface area contributed by atoms with Crippen molar-refractivity contribution in [2.24, 2.45) is 22.2 Å². The van der Waals surface area contributed by atoms with Gasteiger partial charge in [-0.15, -0.1) is 11.3 Å². The van der Waals surface area contributed by atoms with E-state index in [9.17, 15) is 29.5 Å². The zero-order valence-corrected chi connectivity index (χ0v) is 42.7. The fourth-order valence-corrected chi connectivity index (χ4v) is 11.3. The molecule has 2 aliphatic rings. The van der Waals surface area contributed by atoms with Crippen molar-refractivity contribution in [2.45, 2.75) is 99.0 Å². The Balaban J connectivity index is 0.839. The van der Waals surface area contributed by atoms with Crippen LogP contribution in [-0.2, 0) is 32.1 Å². The number of thiazole rings is 1. The lowest BCUT2D eigenvalue weighted by atomic mass is 9.43. The number of rotatable bonds is 17. The van der Waals surface area contributed by atoms with Gasteiger partial charge in [0, 0.05) is 31.1 Å². The molecule has 1 aliphatic heterocycles. The van der Waals surface area contributed by atoms with Gasteiger partial charge in [0.1, 0.15) is 37.1 Å². The summed E-state index contributed by atoms with van der Waals surface area (Å²) in [6.07, 6.45) is -0.00256. The van der Waals surface area contributed by atoms with E-state index in [0.29, 0.717) is 21.9 Å². The summed E-state index contributed by atoms with van der Waals surface area (Å²) in [5.74, 6) is -0.555. The van der Waals surface area contributed by atoms with Crippen LogP contribution < -0.4 is 20.7 Å². The number of nitrogens with one attached hydrogen (secondary N) is 3. The lowest BCUT2D eigenvalue weighted by Gasteiger charge is -2.64. The standard InChI is InChI=1S/C55H63ClN6O7S/c1-33-47(70-32-59-33)38-12-9-34(10-13-38)29-58-50(66)44-27-41(63)30-62(44)51(67)48(53(2,3)4)60-46(64)31-68-23-24-69-42-21-19-37(20-22-42)36-15-17-39(18-16-36)49(65)61-52-54(5,6)45(55(52,7)8)26-35-11-14-40(28-57)43(56)25-35/h9-22,25,32,41,44-45,48,52,63H,23-24,26-27,29-31H2,1-8H3,(H,58,66)(H,60,64)(H,61,65)/t41-,44?,45?,48+,52?/m0/s1. The average Bonchev–Trinajstić information content (AvgIpc) is 3.95. The summed E-state index contributed by atoms with van der Waals surface area (Å²) in [4.78, 5) is 60.9. The monoisotopic (exact) mass is 986 g/mol. The Hall–Kier alpha value is -6.11. The van der Waals surface area contributed by atoms with E-state index < -0.39 is 35.4 Å². The molecule has 368 valence electrons. The van der Waals surface area contributed by atoms with Gasteiger partial charge in [0.15, 0.2) is 0 Å². The maximum Gasteiger partial charge on any atom is 0.251 e. The molecule has 70 heavy (non-hydrogen) atoms. The summed E-state index contributed by atoms with van der Waals surface area (Å²) in [7, 11) is 0. The van der Waals surface area contributed by atoms with Crippen molar-refractivity contribution in [3.8, 4) is 33.4 Å². The topological polar surface area (TPSA) is 183 Å². The number of nitriles is 1. The number of aryl methyl sites for hydroxylation is 1. The Labute approximate surface area is 419 Å². The Morgan fingerprint density at radius 1 is 0.914 bits per heavy atom. The third kappa shape index (κ3) is 11.7. The molecular formula is C55H63ClN6O7S. The van der Waals surface area contributed by atoms with Crippen molar-refractivity contribution in [3.63, 3.8) is 0 Å². The molecule has 1 saturated heterocycles. The maximum atomic E-state index is 14.0. The largest absolute Gasteiger partial charge is 0.491 e. The van der Waals surface area contributed by atoms with Gasteiger partial charge in [-0.2, -0.15) is 5.26 Å². The van der Waals surface area contributed by atoms with Gasteiger partial charge in [-0.05, 0) is 99.7 Å². The minimum atomic E-state index is -0.982. The highest BCUT2D eigenvalue weighted by atomic mass is 35.5. The number of benzene rings is 4. The van der Waals surface area contributed by atoms with Crippen molar-refractivity contribution in [1.29, 1.82) is 5.26 Å². The van der Waals surface area contributed by atoms with Crippen LogP contribution in [0.1, 0.15) is 87.6 Å². The molecule has 2 heterocycles. The maximum absolute atomic E-state index is 14.0. The number of hydrogen-bond acceptors (Lipinski definition) is 10. The smallest absolute Gasteiger partial charge is 0.251 e. The van der Waals surface area contributed by atoms with Crippen molar-refractivity contribution >= 4 is 46.6 Å². The number of carbonyl (C=O) groups is 4. The molecule has 0 radical (unpaired) electrons. The highest BCUT2D eigenvalue weighted by Crippen LogP contribution is 2.60. The fourth-order valence-electron chi connectivity index (χ4n) is 10.3. The van der Waals surface area contributed by atoms with E-state index in [4.69, 9.17) is 21.1 Å². The van der Waals surface area contributed by atoms with E-state index in [-0.39, 0.29) is 73.9 Å². The van der Waals surface area contributed by atoms with Crippen LogP contribution in [0.25, 0.3) is 21.6 Å². The van der Waals surface area contributed by atoms with Crippen LogP contribution in [0, 0.1) is 40.4 Å². The van der Waals surface area contributed by atoms with Gasteiger partial charge >= 0.3 is 0 Å². The number of likely N-dealkylation sites (tertiary alicyclic amines) is 1. The van der Waals surface area contributed by atoms with Crippen molar-refractivity contribution in [2.75, 3.05) is 26.4 Å². The molecule has 4 aromatic carbocycles. The summed E-state index contributed by atoms with van der Waals surface area (Å²) in [5, 5.41) is 29.4. The second-order valence-corrected chi connectivity index (χ2v) is 21.9. The average molecular weight is 988 g/mol. The molecule has 4 N–H and O–H groups in total. The quantitative estimate of drug-likeness (QED) is 0.0664. The van der Waals surface area contributed by atoms with Gasteiger partial charge in [-0.1, -0.05) is 115 Å². The van der Waals surface area contributed by atoms with Gasteiger partial charge in [0.05, 0.1) is 39.4 Å². The molecule has 3 atom stereocenters. The van der Waals surface area contributed by atoms with Crippen LogP contribution in [0.3, 0.4) is 0 Å². The van der Waals surface area contributed by atoms with E-state index in [1.807, 2.05) is 118 Å². The van der Waals surface area contributed by atoms with Gasteiger partial charge < -0.3 is 35.4 Å². The first-order valence-electron chi connectivity index (χ1n) is 23.6. The van der Waals surface area contributed by atoms with Gasteiger partial charge in [-0.25, -0.2) is 4.98 Å². The third-order valence-corrected chi connectivity index (χ3v) is 15.2. The number of halogens is 1. The van der Waals surface area contributed by atoms with Gasteiger partial charge in [-0.3, -0.25) is 19.2 Å². The number of amides is 4. The highest BCUT2D eigenvalue weighted by Gasteiger charge is 2.61. The van der Waals surface area contributed by atoms with Crippen LogP contribution in [-0.4, -0.2) is 89.2 Å². The van der Waals surface area contributed by atoms with E-state index >= 15 is 0 Å². The molecule has 13 nitrogen and oxygen atoms in total. The number of hydrogen-bond donors (Lipinski definition) is 4. The molecule has 7 rings (SSSR count). The van der Waals surface area contributed by atoms with E-state index in [0.717, 1.165) is 44.8 Å². The van der Waals surface area contributed by atoms with Crippen LogP contribution in [0.15, 0.2) is 96.5 Å².